The molecule has 2 aromatic rings. The molecule has 0 aromatic heterocycles. The summed E-state index contributed by atoms with van der Waals surface area (Å²) in [5.74, 6) is 0. The van der Waals surface area contributed by atoms with Crippen LogP contribution < -0.4 is 5.32 Å². The smallest absolute Gasteiger partial charge is 0.0208 e. The Morgan fingerprint density at radius 3 is 2.50 bits per heavy atom. The molecule has 22 heavy (non-hydrogen) atoms. The van der Waals surface area contributed by atoms with Crippen molar-refractivity contribution in [2.45, 2.75) is 32.9 Å². The van der Waals surface area contributed by atoms with E-state index in [4.69, 9.17) is 0 Å². The van der Waals surface area contributed by atoms with Gasteiger partial charge in [0.05, 0.1) is 0 Å². The number of nitrogens with one attached hydrogen (secondary N) is 1. The third-order valence-corrected chi connectivity index (χ3v) is 4.07. The number of hydrogen-bond donors (Lipinski definition) is 1. The molecule has 0 unspecified atom stereocenters. The molecule has 0 saturated carbocycles. The Hall–Kier alpha value is -2.12. The van der Waals surface area contributed by atoms with Crippen LogP contribution in [0.15, 0.2) is 72.3 Å². The van der Waals surface area contributed by atoms with Gasteiger partial charge in [-0.05, 0) is 48.1 Å². The molecule has 1 N–H and O–H groups in total. The van der Waals surface area contributed by atoms with Gasteiger partial charge >= 0.3 is 0 Å². The molecule has 0 amide bonds. The molecule has 3 rings (SSSR count). The molecule has 0 bridgehead atoms. The Labute approximate surface area is 133 Å². The van der Waals surface area contributed by atoms with Crippen LogP contribution in [0.5, 0.6) is 0 Å². The number of rotatable bonds is 5. The molecule has 0 atom stereocenters. The van der Waals surface area contributed by atoms with Gasteiger partial charge in [0.15, 0.2) is 0 Å². The highest BCUT2D eigenvalue weighted by atomic mass is 14.8. The average Bonchev–Trinajstić information content (AvgIpc) is 2.56. The van der Waals surface area contributed by atoms with Crippen molar-refractivity contribution in [3.63, 3.8) is 0 Å². The van der Waals surface area contributed by atoms with Gasteiger partial charge in [-0.25, -0.2) is 0 Å². The summed E-state index contributed by atoms with van der Waals surface area (Å²) >= 11 is 0. The predicted molar refractivity (Wildman–Crippen MR) is 94.4 cm³/mol. The van der Waals surface area contributed by atoms with E-state index in [1.807, 2.05) is 0 Å². The highest BCUT2D eigenvalue weighted by molar-refractivity contribution is 5.75. The summed E-state index contributed by atoms with van der Waals surface area (Å²) in [6, 6.07) is 19.4. The first-order valence-corrected chi connectivity index (χ1v) is 8.02. The zero-order chi connectivity index (χ0) is 15.2. The van der Waals surface area contributed by atoms with Gasteiger partial charge in [-0.1, -0.05) is 66.3 Å². The van der Waals surface area contributed by atoms with E-state index in [1.165, 1.54) is 34.3 Å². The Bertz CT molecular complexity index is 680. The van der Waals surface area contributed by atoms with Crippen LogP contribution in [-0.2, 0) is 13.1 Å². The minimum absolute atomic E-state index is 0.901. The Balaban J connectivity index is 1.63. The minimum atomic E-state index is 0.901. The molecule has 1 nitrogen and oxygen atoms in total. The molecule has 0 saturated heterocycles. The predicted octanol–water partition coefficient (Wildman–Crippen LogP) is 5.10. The first-order chi connectivity index (χ1) is 10.8. The van der Waals surface area contributed by atoms with Gasteiger partial charge in [0, 0.05) is 13.1 Å². The van der Waals surface area contributed by atoms with E-state index in [0.717, 1.165) is 19.5 Å². The zero-order valence-corrected chi connectivity index (χ0v) is 13.2. The normalized spacial score (nSPS) is 14.4. The van der Waals surface area contributed by atoms with Crippen molar-refractivity contribution in [2.75, 3.05) is 0 Å². The number of hydrogen-bond acceptors (Lipinski definition) is 1. The SMILES string of the molecule is CC1=CC(c2cccc(CNCc3ccccc3)c2)=CCC1. The first kappa shape index (κ1) is 14.8. The van der Waals surface area contributed by atoms with Gasteiger partial charge in [0.25, 0.3) is 0 Å². The highest BCUT2D eigenvalue weighted by Gasteiger charge is 2.05. The summed E-state index contributed by atoms with van der Waals surface area (Å²) in [4.78, 5) is 0. The van der Waals surface area contributed by atoms with Crippen molar-refractivity contribution in [1.29, 1.82) is 0 Å². The molecule has 0 radical (unpaired) electrons. The zero-order valence-electron chi connectivity index (χ0n) is 13.2. The second-order valence-electron chi connectivity index (χ2n) is 5.98. The standard InChI is InChI=1S/C21H23N/c1-17-7-5-11-20(13-17)21-12-6-10-19(14-21)16-22-15-18-8-3-2-4-9-18/h2-4,6,8-14,22H,5,7,15-16H2,1H3. The Morgan fingerprint density at radius 1 is 0.909 bits per heavy atom. The fraction of sp³-hybridized carbons (Fsp3) is 0.238. The van der Waals surface area contributed by atoms with Crippen LogP contribution in [0.2, 0.25) is 0 Å². The summed E-state index contributed by atoms with van der Waals surface area (Å²) in [6.45, 7) is 4.03. The molecule has 1 heteroatoms. The van der Waals surface area contributed by atoms with Crippen molar-refractivity contribution < 1.29 is 0 Å². The van der Waals surface area contributed by atoms with Crippen molar-refractivity contribution in [3.8, 4) is 0 Å². The Kier molecular flexibility index (Phi) is 4.87. The van der Waals surface area contributed by atoms with Crippen molar-refractivity contribution in [1.82, 2.24) is 5.32 Å². The maximum atomic E-state index is 3.52. The van der Waals surface area contributed by atoms with Gasteiger partial charge in [-0.3, -0.25) is 0 Å². The molecule has 2 aromatic carbocycles. The van der Waals surface area contributed by atoms with Crippen LogP contribution >= 0.6 is 0 Å². The number of allylic oxidation sites excluding steroid dienone is 4. The van der Waals surface area contributed by atoms with Crippen LogP contribution in [0, 0.1) is 0 Å². The lowest BCUT2D eigenvalue weighted by Gasteiger charge is -2.12. The topological polar surface area (TPSA) is 12.0 Å². The monoisotopic (exact) mass is 289 g/mol. The van der Waals surface area contributed by atoms with Crippen LogP contribution in [0.3, 0.4) is 0 Å². The van der Waals surface area contributed by atoms with E-state index in [9.17, 15) is 0 Å². The Morgan fingerprint density at radius 2 is 1.68 bits per heavy atom. The highest BCUT2D eigenvalue weighted by Crippen LogP contribution is 2.25. The molecular formula is C21H23N. The molecule has 0 heterocycles. The summed E-state index contributed by atoms with van der Waals surface area (Å²) in [5.41, 5.74) is 6.84. The van der Waals surface area contributed by atoms with Crippen LogP contribution in [0.4, 0.5) is 0 Å². The number of benzene rings is 2. The van der Waals surface area contributed by atoms with Gasteiger partial charge in [-0.2, -0.15) is 0 Å². The van der Waals surface area contributed by atoms with Gasteiger partial charge in [-0.15, -0.1) is 0 Å². The summed E-state index contributed by atoms with van der Waals surface area (Å²) in [7, 11) is 0. The second-order valence-corrected chi connectivity index (χ2v) is 5.98. The molecule has 112 valence electrons. The largest absolute Gasteiger partial charge is 0.309 e. The fourth-order valence-corrected chi connectivity index (χ4v) is 2.86. The lowest BCUT2D eigenvalue weighted by atomic mass is 9.94. The van der Waals surface area contributed by atoms with E-state index >= 15 is 0 Å². The molecule has 0 fully saturated rings. The quantitative estimate of drug-likeness (QED) is 0.807. The van der Waals surface area contributed by atoms with Crippen molar-refractivity contribution in [3.05, 3.63) is 89.0 Å². The molecule has 0 aliphatic heterocycles. The third kappa shape index (κ3) is 3.96. The maximum absolute atomic E-state index is 3.52. The van der Waals surface area contributed by atoms with E-state index in [0.29, 0.717) is 0 Å². The average molecular weight is 289 g/mol. The summed E-state index contributed by atoms with van der Waals surface area (Å²) in [5, 5.41) is 3.52. The maximum Gasteiger partial charge on any atom is 0.0208 e. The van der Waals surface area contributed by atoms with Gasteiger partial charge in [0.1, 0.15) is 0 Å². The lowest BCUT2D eigenvalue weighted by molar-refractivity contribution is 0.693. The summed E-state index contributed by atoms with van der Waals surface area (Å²) < 4.78 is 0. The minimum Gasteiger partial charge on any atom is -0.309 e. The van der Waals surface area contributed by atoms with Crippen LogP contribution in [-0.4, -0.2) is 0 Å². The fourth-order valence-electron chi connectivity index (χ4n) is 2.86. The first-order valence-electron chi connectivity index (χ1n) is 8.02. The molecule has 1 aliphatic rings. The van der Waals surface area contributed by atoms with E-state index in [2.05, 4.69) is 79.0 Å². The van der Waals surface area contributed by atoms with Crippen molar-refractivity contribution in [2.24, 2.45) is 0 Å². The van der Waals surface area contributed by atoms with Gasteiger partial charge < -0.3 is 5.32 Å². The lowest BCUT2D eigenvalue weighted by Crippen LogP contribution is -2.12. The van der Waals surface area contributed by atoms with Gasteiger partial charge in [0.2, 0.25) is 0 Å². The second kappa shape index (κ2) is 7.24. The third-order valence-electron chi connectivity index (χ3n) is 4.07. The molecule has 0 spiro atoms. The molecule has 1 aliphatic carbocycles. The van der Waals surface area contributed by atoms with Crippen LogP contribution in [0.1, 0.15) is 36.5 Å². The van der Waals surface area contributed by atoms with E-state index < -0.39 is 0 Å². The van der Waals surface area contributed by atoms with Crippen molar-refractivity contribution >= 4 is 5.57 Å². The van der Waals surface area contributed by atoms with Crippen LogP contribution in [0.25, 0.3) is 5.57 Å². The molecular weight excluding hydrogens is 266 g/mol. The summed E-state index contributed by atoms with van der Waals surface area (Å²) in [6.07, 6.45) is 7.03. The van der Waals surface area contributed by atoms with E-state index in [1.54, 1.807) is 0 Å². The van der Waals surface area contributed by atoms with E-state index in [-0.39, 0.29) is 0 Å².